The molecule has 0 amide bonds. The summed E-state index contributed by atoms with van der Waals surface area (Å²) >= 11 is 5.89. The highest BCUT2D eigenvalue weighted by atomic mass is 35.5. The van der Waals surface area contributed by atoms with Crippen LogP contribution in [0.5, 0.6) is 0 Å². The molecule has 5 nitrogen and oxygen atoms in total. The van der Waals surface area contributed by atoms with Crippen molar-refractivity contribution in [3.8, 4) is 5.69 Å². The zero-order chi connectivity index (χ0) is 17.8. The lowest BCUT2D eigenvalue weighted by Gasteiger charge is -2.13. The van der Waals surface area contributed by atoms with Gasteiger partial charge >= 0.3 is 5.97 Å². The van der Waals surface area contributed by atoms with Crippen molar-refractivity contribution in [1.29, 1.82) is 0 Å². The molecule has 6 heteroatoms. The molecule has 0 N–H and O–H groups in total. The molecule has 0 aliphatic rings. The fraction of sp³-hybridized carbons (Fsp3) is 0.105. The molecule has 0 spiro atoms. The van der Waals surface area contributed by atoms with E-state index in [0.29, 0.717) is 16.1 Å². The van der Waals surface area contributed by atoms with E-state index in [1.165, 1.54) is 0 Å². The molecule has 1 aromatic heterocycles. The minimum Gasteiger partial charge on any atom is -0.451 e. The molecule has 0 saturated carbocycles. The Morgan fingerprint density at radius 1 is 1.08 bits per heavy atom. The Balaban J connectivity index is 1.68. The van der Waals surface area contributed by atoms with E-state index in [-0.39, 0.29) is 5.78 Å². The zero-order valence-corrected chi connectivity index (χ0v) is 14.2. The lowest BCUT2D eigenvalue weighted by Crippen LogP contribution is -2.24. The summed E-state index contributed by atoms with van der Waals surface area (Å²) in [4.78, 5) is 24.6. The number of nitrogens with zero attached hydrogens (tertiary/aromatic N) is 2. The molecule has 1 atom stereocenters. The third-order valence-electron chi connectivity index (χ3n) is 3.63. The van der Waals surface area contributed by atoms with E-state index in [1.54, 1.807) is 72.5 Å². The Kier molecular flexibility index (Phi) is 4.95. The van der Waals surface area contributed by atoms with Crippen LogP contribution in [-0.2, 0) is 4.74 Å². The van der Waals surface area contributed by atoms with Crippen molar-refractivity contribution in [2.75, 3.05) is 0 Å². The maximum atomic E-state index is 12.3. The van der Waals surface area contributed by atoms with Gasteiger partial charge < -0.3 is 4.74 Å². The van der Waals surface area contributed by atoms with E-state index in [9.17, 15) is 9.59 Å². The first-order valence-corrected chi connectivity index (χ1v) is 8.03. The van der Waals surface area contributed by atoms with Crippen LogP contribution in [-0.4, -0.2) is 27.6 Å². The molecule has 0 aliphatic heterocycles. The fourth-order valence-corrected chi connectivity index (χ4v) is 2.52. The van der Waals surface area contributed by atoms with E-state index in [2.05, 4.69) is 5.10 Å². The van der Waals surface area contributed by atoms with Crippen LogP contribution in [0.4, 0.5) is 0 Å². The maximum Gasteiger partial charge on any atom is 0.338 e. The minimum atomic E-state index is -0.906. The lowest BCUT2D eigenvalue weighted by molar-refractivity contribution is 0.0319. The fourth-order valence-electron chi connectivity index (χ4n) is 2.33. The van der Waals surface area contributed by atoms with Gasteiger partial charge in [-0.05, 0) is 49.4 Å². The number of ketones is 1. The molecular weight excluding hydrogens is 340 g/mol. The first-order valence-electron chi connectivity index (χ1n) is 7.65. The third-order valence-corrected chi connectivity index (χ3v) is 3.87. The summed E-state index contributed by atoms with van der Waals surface area (Å²) in [6.07, 6.45) is 2.57. The Morgan fingerprint density at radius 2 is 1.84 bits per heavy atom. The zero-order valence-electron chi connectivity index (χ0n) is 13.4. The second kappa shape index (κ2) is 7.32. The molecule has 3 rings (SSSR count). The first kappa shape index (κ1) is 16.9. The Bertz CT molecular complexity index is 889. The normalized spacial score (nSPS) is 11.8. The van der Waals surface area contributed by atoms with Crippen LogP contribution in [0, 0.1) is 0 Å². The largest absolute Gasteiger partial charge is 0.451 e. The summed E-state index contributed by atoms with van der Waals surface area (Å²) in [6.45, 7) is 1.54. The summed E-state index contributed by atoms with van der Waals surface area (Å²) in [6, 6.07) is 15.1. The number of esters is 1. The second-order valence-electron chi connectivity index (χ2n) is 5.42. The van der Waals surface area contributed by atoms with Crippen molar-refractivity contribution in [1.82, 2.24) is 9.78 Å². The summed E-state index contributed by atoms with van der Waals surface area (Å²) < 4.78 is 6.95. The number of hydrogen-bond acceptors (Lipinski definition) is 4. The van der Waals surface area contributed by atoms with Gasteiger partial charge in [0.25, 0.3) is 0 Å². The third kappa shape index (κ3) is 3.95. The average molecular weight is 355 g/mol. The van der Waals surface area contributed by atoms with E-state index in [4.69, 9.17) is 16.3 Å². The number of halogens is 1. The van der Waals surface area contributed by atoms with Crippen LogP contribution < -0.4 is 0 Å². The number of carbonyl (C=O) groups is 2. The highest BCUT2D eigenvalue weighted by Gasteiger charge is 2.20. The molecule has 1 heterocycles. The first-order chi connectivity index (χ1) is 12.0. The van der Waals surface area contributed by atoms with Crippen molar-refractivity contribution in [2.45, 2.75) is 13.0 Å². The van der Waals surface area contributed by atoms with Gasteiger partial charge in [-0.25, -0.2) is 9.48 Å². The molecule has 0 aliphatic carbocycles. The van der Waals surface area contributed by atoms with Crippen molar-refractivity contribution < 1.29 is 14.3 Å². The summed E-state index contributed by atoms with van der Waals surface area (Å²) in [5.41, 5.74) is 1.59. The molecule has 0 saturated heterocycles. The number of Topliss-reactive ketones (excluding diaryl/α,β-unsaturated/α-hetero) is 1. The van der Waals surface area contributed by atoms with Crippen LogP contribution in [0.15, 0.2) is 67.0 Å². The number of benzene rings is 2. The summed E-state index contributed by atoms with van der Waals surface area (Å²) in [5.74, 6) is -0.862. The van der Waals surface area contributed by atoms with Crippen LogP contribution >= 0.6 is 11.6 Å². The Labute approximate surface area is 149 Å². The molecule has 1 unspecified atom stereocenters. The van der Waals surface area contributed by atoms with E-state index in [0.717, 1.165) is 5.69 Å². The van der Waals surface area contributed by atoms with Crippen LogP contribution in [0.1, 0.15) is 27.6 Å². The number of rotatable bonds is 5. The van der Waals surface area contributed by atoms with Crippen molar-refractivity contribution in [3.05, 3.63) is 83.1 Å². The summed E-state index contributed by atoms with van der Waals surface area (Å²) in [5, 5.41) is 4.58. The highest BCUT2D eigenvalue weighted by molar-refractivity contribution is 6.31. The molecule has 0 bridgehead atoms. The smallest absolute Gasteiger partial charge is 0.338 e. The second-order valence-corrected chi connectivity index (χ2v) is 5.86. The maximum absolute atomic E-state index is 12.3. The SMILES string of the molecule is CC(OC(=O)c1ccc(-n2cccn2)cc1)C(=O)c1cccc(Cl)c1. The number of hydrogen-bond donors (Lipinski definition) is 0. The standard InChI is InChI=1S/C19H15ClN2O3/c1-13(18(23)15-4-2-5-16(20)12-15)25-19(24)14-6-8-17(9-7-14)22-11-3-10-21-22/h2-13H,1H3. The molecule has 3 aromatic rings. The van der Waals surface area contributed by atoms with Gasteiger partial charge in [-0.15, -0.1) is 0 Å². The van der Waals surface area contributed by atoms with E-state index < -0.39 is 12.1 Å². The Morgan fingerprint density at radius 3 is 2.48 bits per heavy atom. The predicted octanol–water partition coefficient (Wildman–Crippen LogP) is 3.95. The number of aromatic nitrogens is 2. The van der Waals surface area contributed by atoms with Crippen LogP contribution in [0.3, 0.4) is 0 Å². The van der Waals surface area contributed by atoms with Gasteiger partial charge in [0.15, 0.2) is 6.10 Å². The van der Waals surface area contributed by atoms with Gasteiger partial charge in [0, 0.05) is 23.0 Å². The van der Waals surface area contributed by atoms with Gasteiger partial charge in [0.2, 0.25) is 5.78 Å². The number of ether oxygens (including phenoxy) is 1. The van der Waals surface area contributed by atoms with Crippen LogP contribution in [0.2, 0.25) is 5.02 Å². The molecule has 126 valence electrons. The highest BCUT2D eigenvalue weighted by Crippen LogP contribution is 2.15. The molecule has 2 aromatic carbocycles. The van der Waals surface area contributed by atoms with Gasteiger partial charge in [-0.3, -0.25) is 4.79 Å². The van der Waals surface area contributed by atoms with Crippen molar-refractivity contribution in [2.24, 2.45) is 0 Å². The topological polar surface area (TPSA) is 61.2 Å². The van der Waals surface area contributed by atoms with Crippen molar-refractivity contribution in [3.63, 3.8) is 0 Å². The Hall–Kier alpha value is -2.92. The lowest BCUT2D eigenvalue weighted by atomic mass is 10.1. The monoisotopic (exact) mass is 354 g/mol. The minimum absolute atomic E-state index is 0.302. The quantitative estimate of drug-likeness (QED) is 0.514. The van der Waals surface area contributed by atoms with Gasteiger partial charge in [0.1, 0.15) is 0 Å². The molecular formula is C19H15ClN2O3. The number of carbonyl (C=O) groups excluding carboxylic acids is 2. The molecule has 0 radical (unpaired) electrons. The summed E-state index contributed by atoms with van der Waals surface area (Å²) in [7, 11) is 0. The molecule has 25 heavy (non-hydrogen) atoms. The van der Waals surface area contributed by atoms with Gasteiger partial charge in [0.05, 0.1) is 11.3 Å². The molecule has 0 fully saturated rings. The van der Waals surface area contributed by atoms with Gasteiger partial charge in [-0.2, -0.15) is 5.10 Å². The van der Waals surface area contributed by atoms with Crippen LogP contribution in [0.25, 0.3) is 5.69 Å². The van der Waals surface area contributed by atoms with E-state index >= 15 is 0 Å². The van der Waals surface area contributed by atoms with Crippen molar-refractivity contribution >= 4 is 23.4 Å². The predicted molar refractivity (Wildman–Crippen MR) is 94.2 cm³/mol. The van der Waals surface area contributed by atoms with Gasteiger partial charge in [-0.1, -0.05) is 23.7 Å². The average Bonchev–Trinajstić information content (AvgIpc) is 3.15. The van der Waals surface area contributed by atoms with E-state index in [1.807, 2.05) is 6.07 Å².